The van der Waals surface area contributed by atoms with Crippen LogP contribution in [0.1, 0.15) is 23.1 Å². The summed E-state index contributed by atoms with van der Waals surface area (Å²) in [4.78, 5) is 13.6. The number of hydrogen-bond acceptors (Lipinski definition) is 3. The maximum Gasteiger partial charge on any atom is 0.227 e. The van der Waals surface area contributed by atoms with Crippen LogP contribution in [0.4, 0.5) is 5.69 Å². The van der Waals surface area contributed by atoms with E-state index >= 15 is 0 Å². The van der Waals surface area contributed by atoms with Crippen LogP contribution >= 0.6 is 12.6 Å². The molecule has 0 radical (unpaired) electrons. The van der Waals surface area contributed by atoms with Crippen LogP contribution in [0, 0.1) is 20.8 Å². The molecule has 4 heteroatoms. The maximum absolute atomic E-state index is 12.0. The Morgan fingerprint density at radius 1 is 1.33 bits per heavy atom. The number of carbonyl (C=O) groups excluding carboxylic acids is 1. The Kier molecular flexibility index (Phi) is 5.08. The SMILES string of the molecule is COc1c(C)c(C)cc(C)c1N(C)C(=O)CCS. The van der Waals surface area contributed by atoms with Crippen LogP contribution < -0.4 is 9.64 Å². The highest BCUT2D eigenvalue weighted by Gasteiger charge is 2.19. The van der Waals surface area contributed by atoms with Crippen LogP contribution in [0.3, 0.4) is 0 Å². The van der Waals surface area contributed by atoms with Gasteiger partial charge in [-0.15, -0.1) is 0 Å². The van der Waals surface area contributed by atoms with Gasteiger partial charge in [-0.2, -0.15) is 12.6 Å². The molecule has 1 amide bonds. The van der Waals surface area contributed by atoms with Crippen molar-refractivity contribution in [1.29, 1.82) is 0 Å². The Labute approximate surface area is 115 Å². The first-order valence-electron chi connectivity index (χ1n) is 5.96. The van der Waals surface area contributed by atoms with Gasteiger partial charge in [0.05, 0.1) is 12.8 Å². The van der Waals surface area contributed by atoms with Crippen LogP contribution in [-0.4, -0.2) is 25.8 Å². The number of aryl methyl sites for hydroxylation is 2. The summed E-state index contributed by atoms with van der Waals surface area (Å²) in [6.45, 7) is 6.05. The van der Waals surface area contributed by atoms with E-state index in [0.29, 0.717) is 12.2 Å². The summed E-state index contributed by atoms with van der Waals surface area (Å²) >= 11 is 4.10. The number of nitrogens with zero attached hydrogens (tertiary/aromatic N) is 1. The molecule has 0 saturated carbocycles. The minimum absolute atomic E-state index is 0.0506. The van der Waals surface area contributed by atoms with Gasteiger partial charge < -0.3 is 9.64 Å². The van der Waals surface area contributed by atoms with Crippen molar-refractivity contribution >= 4 is 24.2 Å². The zero-order chi connectivity index (χ0) is 13.9. The third-order valence-corrected chi connectivity index (χ3v) is 3.42. The lowest BCUT2D eigenvalue weighted by molar-refractivity contribution is -0.117. The molecule has 1 aromatic rings. The zero-order valence-electron chi connectivity index (χ0n) is 11.7. The van der Waals surface area contributed by atoms with Crippen molar-refractivity contribution in [3.63, 3.8) is 0 Å². The fraction of sp³-hybridized carbons (Fsp3) is 0.500. The van der Waals surface area contributed by atoms with Gasteiger partial charge in [0, 0.05) is 13.5 Å². The van der Waals surface area contributed by atoms with Crippen molar-refractivity contribution in [2.45, 2.75) is 27.2 Å². The Morgan fingerprint density at radius 2 is 1.94 bits per heavy atom. The molecular weight excluding hydrogens is 246 g/mol. The van der Waals surface area contributed by atoms with Gasteiger partial charge in [-0.3, -0.25) is 4.79 Å². The minimum Gasteiger partial charge on any atom is -0.494 e. The molecule has 0 heterocycles. The van der Waals surface area contributed by atoms with E-state index in [1.54, 1.807) is 19.1 Å². The molecule has 0 N–H and O–H groups in total. The summed E-state index contributed by atoms with van der Waals surface area (Å²) in [5, 5.41) is 0. The Balaban J connectivity index is 3.31. The monoisotopic (exact) mass is 267 g/mol. The average Bonchev–Trinajstić information content (AvgIpc) is 2.32. The number of methoxy groups -OCH3 is 1. The van der Waals surface area contributed by atoms with E-state index in [2.05, 4.69) is 18.7 Å². The molecule has 1 rings (SSSR count). The number of benzene rings is 1. The largest absolute Gasteiger partial charge is 0.494 e. The third kappa shape index (κ3) is 2.80. The van der Waals surface area contributed by atoms with E-state index in [1.165, 1.54) is 5.56 Å². The average molecular weight is 267 g/mol. The Bertz CT molecular complexity index is 458. The molecule has 1 aromatic carbocycles. The summed E-state index contributed by atoms with van der Waals surface area (Å²) in [6.07, 6.45) is 0.426. The lowest BCUT2D eigenvalue weighted by Crippen LogP contribution is -2.27. The molecule has 18 heavy (non-hydrogen) atoms. The molecule has 0 saturated heterocycles. The molecule has 0 fully saturated rings. The zero-order valence-corrected chi connectivity index (χ0v) is 12.6. The van der Waals surface area contributed by atoms with Gasteiger partial charge in [0.2, 0.25) is 5.91 Å². The Morgan fingerprint density at radius 3 is 2.44 bits per heavy atom. The molecule has 0 spiro atoms. The highest BCUT2D eigenvalue weighted by atomic mass is 32.1. The fourth-order valence-corrected chi connectivity index (χ4v) is 2.28. The Hall–Kier alpha value is -1.16. The highest BCUT2D eigenvalue weighted by molar-refractivity contribution is 7.80. The van der Waals surface area contributed by atoms with Gasteiger partial charge in [0.25, 0.3) is 0 Å². The lowest BCUT2D eigenvalue weighted by Gasteiger charge is -2.24. The van der Waals surface area contributed by atoms with Crippen LogP contribution in [-0.2, 0) is 4.79 Å². The first-order chi connectivity index (χ1) is 8.43. The van der Waals surface area contributed by atoms with E-state index < -0.39 is 0 Å². The van der Waals surface area contributed by atoms with Crippen molar-refractivity contribution in [1.82, 2.24) is 0 Å². The number of ether oxygens (including phenoxy) is 1. The normalized spacial score (nSPS) is 10.3. The van der Waals surface area contributed by atoms with Crippen LogP contribution in [0.2, 0.25) is 0 Å². The first-order valence-corrected chi connectivity index (χ1v) is 6.59. The van der Waals surface area contributed by atoms with E-state index in [1.807, 2.05) is 20.8 Å². The second kappa shape index (κ2) is 6.14. The molecule has 0 aliphatic carbocycles. The molecule has 0 aromatic heterocycles. The van der Waals surface area contributed by atoms with Gasteiger partial charge in [-0.1, -0.05) is 6.07 Å². The quantitative estimate of drug-likeness (QED) is 0.850. The number of thiol groups is 1. The van der Waals surface area contributed by atoms with Gasteiger partial charge in [0.1, 0.15) is 5.75 Å². The molecule has 0 aliphatic heterocycles. The molecule has 0 unspecified atom stereocenters. The van der Waals surface area contributed by atoms with Crippen molar-refractivity contribution < 1.29 is 9.53 Å². The standard InChI is InChI=1S/C14H21NO2S/c1-9-8-10(2)13(14(17-5)11(9)3)15(4)12(16)6-7-18/h8,18H,6-7H2,1-5H3. The van der Waals surface area contributed by atoms with E-state index in [-0.39, 0.29) is 5.91 Å². The fourth-order valence-electron chi connectivity index (χ4n) is 2.09. The smallest absolute Gasteiger partial charge is 0.227 e. The molecule has 3 nitrogen and oxygen atoms in total. The van der Waals surface area contributed by atoms with Crippen molar-refractivity contribution in [2.24, 2.45) is 0 Å². The van der Waals surface area contributed by atoms with E-state index in [4.69, 9.17) is 4.74 Å². The molecule has 100 valence electrons. The summed E-state index contributed by atoms with van der Waals surface area (Å²) in [5.74, 6) is 1.38. The molecule has 0 aliphatic rings. The topological polar surface area (TPSA) is 29.5 Å². The second-order valence-electron chi connectivity index (χ2n) is 4.44. The second-order valence-corrected chi connectivity index (χ2v) is 4.89. The molecule has 0 bridgehead atoms. The number of hydrogen-bond donors (Lipinski definition) is 1. The lowest BCUT2D eigenvalue weighted by atomic mass is 10.0. The molecule has 0 atom stereocenters. The van der Waals surface area contributed by atoms with Crippen LogP contribution in [0.5, 0.6) is 5.75 Å². The van der Waals surface area contributed by atoms with Gasteiger partial charge in [-0.25, -0.2) is 0 Å². The van der Waals surface area contributed by atoms with Gasteiger partial charge in [0.15, 0.2) is 0 Å². The van der Waals surface area contributed by atoms with Gasteiger partial charge >= 0.3 is 0 Å². The number of amides is 1. The maximum atomic E-state index is 12.0. The predicted octanol–water partition coefficient (Wildman–Crippen LogP) is 2.90. The van der Waals surface area contributed by atoms with E-state index in [9.17, 15) is 4.79 Å². The minimum atomic E-state index is 0.0506. The highest BCUT2D eigenvalue weighted by Crippen LogP contribution is 2.36. The summed E-state index contributed by atoms with van der Waals surface area (Å²) < 4.78 is 5.47. The van der Waals surface area contributed by atoms with Crippen LogP contribution in [0.25, 0.3) is 0 Å². The molecular formula is C14H21NO2S. The van der Waals surface area contributed by atoms with Gasteiger partial charge in [-0.05, 0) is 43.2 Å². The van der Waals surface area contributed by atoms with Crippen molar-refractivity contribution in [3.05, 3.63) is 22.8 Å². The third-order valence-electron chi connectivity index (χ3n) is 3.19. The number of anilines is 1. The summed E-state index contributed by atoms with van der Waals surface area (Å²) in [6, 6.07) is 2.08. The van der Waals surface area contributed by atoms with Crippen molar-refractivity contribution in [3.8, 4) is 5.75 Å². The first kappa shape index (κ1) is 14.9. The summed E-state index contributed by atoms with van der Waals surface area (Å²) in [7, 11) is 3.42. The summed E-state index contributed by atoms with van der Waals surface area (Å²) in [5.41, 5.74) is 4.14. The van der Waals surface area contributed by atoms with E-state index in [0.717, 1.165) is 22.6 Å². The number of carbonyl (C=O) groups is 1. The van der Waals surface area contributed by atoms with Crippen molar-refractivity contribution in [2.75, 3.05) is 24.8 Å². The number of rotatable bonds is 4. The van der Waals surface area contributed by atoms with Crippen LogP contribution in [0.15, 0.2) is 6.07 Å². The predicted molar refractivity (Wildman–Crippen MR) is 79.1 cm³/mol.